The molecule has 0 saturated carbocycles. The maximum Gasteiger partial charge on any atom is 0.227 e. The van der Waals surface area contributed by atoms with E-state index in [2.05, 4.69) is 0 Å². The van der Waals surface area contributed by atoms with Crippen molar-refractivity contribution in [2.24, 2.45) is 5.73 Å². The molecule has 3 fully saturated rings. The number of allylic oxidation sites excluding steroid dienone is 1. The Balaban J connectivity index is 0.000000197. The Kier molecular flexibility index (Phi) is 4.86. The number of methoxy groups -OCH3 is 1. The molecule has 0 aromatic heterocycles. The van der Waals surface area contributed by atoms with E-state index >= 15 is 0 Å². The molecular weight excluding hydrogens is 324 g/mol. The average Bonchev–Trinajstić information content (AvgIpc) is 3.38. The second-order valence-corrected chi connectivity index (χ2v) is 6.53. The molecule has 3 saturated heterocycles. The van der Waals surface area contributed by atoms with Crippen LogP contribution in [-0.2, 0) is 19.1 Å². The van der Waals surface area contributed by atoms with Gasteiger partial charge in [-0.25, -0.2) is 0 Å². The van der Waals surface area contributed by atoms with Crippen molar-refractivity contribution in [2.75, 3.05) is 53.0 Å². The van der Waals surface area contributed by atoms with Crippen LogP contribution in [0.2, 0.25) is 0 Å². The predicted octanol–water partition coefficient (Wildman–Crippen LogP) is -0.518. The number of ketones is 2. The Labute approximate surface area is 147 Å². The number of Topliss-reactive ketones (excluding diaryl/α,β-unsaturated/α-hetero) is 1. The van der Waals surface area contributed by atoms with E-state index in [9.17, 15) is 9.59 Å². The molecule has 25 heavy (non-hydrogen) atoms. The van der Waals surface area contributed by atoms with Crippen molar-refractivity contribution in [3.63, 3.8) is 0 Å². The fraction of sp³-hybridized carbons (Fsp3) is 0.647. The van der Waals surface area contributed by atoms with Gasteiger partial charge in [-0.3, -0.25) is 15.3 Å². The lowest BCUT2D eigenvalue weighted by molar-refractivity contribution is -0.203. The van der Waals surface area contributed by atoms with Crippen LogP contribution in [0, 0.1) is 0 Å². The number of carbonyl (C=O) groups is 2. The minimum absolute atomic E-state index is 0.00546. The monoisotopic (exact) mass is 350 g/mol. The maximum atomic E-state index is 12.4. The van der Waals surface area contributed by atoms with Crippen molar-refractivity contribution in [3.05, 3.63) is 23.2 Å². The largest absolute Gasteiger partial charge is 0.365 e. The van der Waals surface area contributed by atoms with Gasteiger partial charge >= 0.3 is 0 Å². The van der Waals surface area contributed by atoms with Crippen molar-refractivity contribution < 1.29 is 19.1 Å². The van der Waals surface area contributed by atoms with Gasteiger partial charge in [-0.2, -0.15) is 0 Å². The highest BCUT2D eigenvalue weighted by Gasteiger charge is 2.43. The van der Waals surface area contributed by atoms with Crippen molar-refractivity contribution >= 4 is 11.6 Å². The Bertz CT molecular complexity index is 629. The van der Waals surface area contributed by atoms with Gasteiger partial charge in [-0.05, 0) is 6.92 Å². The molecule has 138 valence electrons. The highest BCUT2D eigenvalue weighted by molar-refractivity contribution is 6.22. The molecule has 3 aliphatic heterocycles. The quantitative estimate of drug-likeness (QED) is 0.389. The molecule has 1 unspecified atom stereocenters. The molecule has 0 bridgehead atoms. The first-order valence-corrected chi connectivity index (χ1v) is 8.65. The molecule has 8 nitrogen and oxygen atoms in total. The van der Waals surface area contributed by atoms with Gasteiger partial charge in [0.1, 0.15) is 11.4 Å². The molecule has 1 aliphatic carbocycles. The predicted molar refractivity (Wildman–Crippen MR) is 91.1 cm³/mol. The normalized spacial score (nSPS) is 23.8. The molecule has 0 radical (unpaired) electrons. The first-order valence-electron chi connectivity index (χ1n) is 8.65. The molecule has 2 N–H and O–H groups in total. The van der Waals surface area contributed by atoms with E-state index in [1.54, 1.807) is 6.92 Å². The van der Waals surface area contributed by atoms with Crippen LogP contribution in [0.4, 0.5) is 0 Å². The van der Waals surface area contributed by atoms with Gasteiger partial charge in [0, 0.05) is 66.0 Å². The van der Waals surface area contributed by atoms with E-state index in [1.807, 2.05) is 21.6 Å². The molecule has 0 amide bonds. The summed E-state index contributed by atoms with van der Waals surface area (Å²) in [4.78, 5) is 30.5. The van der Waals surface area contributed by atoms with E-state index in [4.69, 9.17) is 15.2 Å². The Morgan fingerprint density at radius 1 is 1.04 bits per heavy atom. The maximum absolute atomic E-state index is 12.4. The van der Waals surface area contributed by atoms with E-state index in [0.29, 0.717) is 23.7 Å². The summed E-state index contributed by atoms with van der Waals surface area (Å²) in [7, 11) is 1.51. The summed E-state index contributed by atoms with van der Waals surface area (Å²) < 4.78 is 9.67. The van der Waals surface area contributed by atoms with Gasteiger partial charge in [-0.1, -0.05) is 0 Å². The van der Waals surface area contributed by atoms with Crippen LogP contribution < -0.4 is 5.73 Å². The SMILES string of the molecule is CCOC(C)(N)OC.O=C1C=C(N2CC2)C(=O)C(N2CC2)=C1N1CC1. The Morgan fingerprint density at radius 3 is 1.96 bits per heavy atom. The van der Waals surface area contributed by atoms with Crippen molar-refractivity contribution in [2.45, 2.75) is 19.8 Å². The van der Waals surface area contributed by atoms with Gasteiger partial charge in [0.25, 0.3) is 0 Å². The van der Waals surface area contributed by atoms with Crippen LogP contribution in [-0.4, -0.2) is 85.2 Å². The zero-order chi connectivity index (χ0) is 18.2. The number of nitrogens with two attached hydrogens (primary N) is 1. The molecule has 3 heterocycles. The van der Waals surface area contributed by atoms with Crippen molar-refractivity contribution in [1.82, 2.24) is 14.7 Å². The highest BCUT2D eigenvalue weighted by atomic mass is 16.7. The van der Waals surface area contributed by atoms with E-state index in [0.717, 1.165) is 39.3 Å². The smallest absolute Gasteiger partial charge is 0.227 e. The number of nitrogens with zero attached hydrogens (tertiary/aromatic N) is 3. The van der Waals surface area contributed by atoms with Crippen LogP contribution in [0.15, 0.2) is 23.2 Å². The Hall–Kier alpha value is -1.90. The summed E-state index contributed by atoms with van der Waals surface area (Å²) >= 11 is 0. The van der Waals surface area contributed by atoms with Gasteiger partial charge in [0.05, 0.1) is 5.70 Å². The third-order valence-electron chi connectivity index (χ3n) is 4.32. The number of carbonyl (C=O) groups excluding carboxylic acids is 2. The summed E-state index contributed by atoms with van der Waals surface area (Å²) in [5.74, 6) is -0.859. The lowest BCUT2D eigenvalue weighted by atomic mass is 10.0. The van der Waals surface area contributed by atoms with E-state index in [1.165, 1.54) is 13.2 Å². The molecule has 0 aromatic rings. The second kappa shape index (κ2) is 6.78. The minimum atomic E-state index is -0.908. The van der Waals surface area contributed by atoms with Crippen LogP contribution in [0.3, 0.4) is 0 Å². The Morgan fingerprint density at radius 2 is 1.56 bits per heavy atom. The lowest BCUT2D eigenvalue weighted by Crippen LogP contribution is -2.41. The van der Waals surface area contributed by atoms with Gasteiger partial charge in [-0.15, -0.1) is 0 Å². The molecule has 4 aliphatic rings. The van der Waals surface area contributed by atoms with Crippen LogP contribution in [0.1, 0.15) is 13.8 Å². The molecular formula is C17H26N4O4. The van der Waals surface area contributed by atoms with Crippen LogP contribution in [0.5, 0.6) is 0 Å². The summed E-state index contributed by atoms with van der Waals surface area (Å²) in [6, 6.07) is 0. The standard InChI is InChI=1S/C12H13N3O2.C5H13NO2/c16-9-7-8(13-1-2-13)12(17)11(15-5-6-15)10(9)14-3-4-14;1-4-8-5(2,6)7-3/h7H,1-6H2;4,6H2,1-3H3. The molecule has 4 rings (SSSR count). The van der Waals surface area contributed by atoms with Crippen LogP contribution in [0.25, 0.3) is 0 Å². The molecule has 1 atom stereocenters. The molecule has 0 aromatic carbocycles. The number of hydrogen-bond acceptors (Lipinski definition) is 8. The minimum Gasteiger partial charge on any atom is -0.365 e. The topological polar surface area (TPSA) is 87.7 Å². The first kappa shape index (κ1) is 17.9. The number of ether oxygens (including phenoxy) is 2. The lowest BCUT2D eigenvalue weighted by Gasteiger charge is -2.21. The van der Waals surface area contributed by atoms with Gasteiger partial charge in [0.2, 0.25) is 17.5 Å². The summed E-state index contributed by atoms with van der Waals surface area (Å²) in [5.41, 5.74) is 7.27. The van der Waals surface area contributed by atoms with Gasteiger partial charge in [0.15, 0.2) is 0 Å². The average molecular weight is 350 g/mol. The van der Waals surface area contributed by atoms with Gasteiger partial charge < -0.3 is 24.2 Å². The molecule has 0 spiro atoms. The molecule has 8 heteroatoms. The third kappa shape index (κ3) is 4.20. The highest BCUT2D eigenvalue weighted by Crippen LogP contribution is 2.33. The fourth-order valence-corrected chi connectivity index (χ4v) is 2.62. The number of rotatable bonds is 6. The van der Waals surface area contributed by atoms with Crippen molar-refractivity contribution in [1.29, 1.82) is 0 Å². The third-order valence-corrected chi connectivity index (χ3v) is 4.32. The zero-order valence-electron chi connectivity index (χ0n) is 15.1. The fourth-order valence-electron chi connectivity index (χ4n) is 2.62. The van der Waals surface area contributed by atoms with Crippen LogP contribution >= 0.6 is 0 Å². The summed E-state index contributed by atoms with van der Waals surface area (Å²) in [6.45, 7) is 9.50. The van der Waals surface area contributed by atoms with Crippen molar-refractivity contribution in [3.8, 4) is 0 Å². The summed E-state index contributed by atoms with van der Waals surface area (Å²) in [5, 5.41) is 0. The zero-order valence-corrected chi connectivity index (χ0v) is 15.1. The first-order chi connectivity index (χ1) is 11.9. The second-order valence-electron chi connectivity index (χ2n) is 6.53. The van der Waals surface area contributed by atoms with E-state index in [-0.39, 0.29) is 11.6 Å². The van der Waals surface area contributed by atoms with E-state index < -0.39 is 5.91 Å². The number of hydrogen-bond donors (Lipinski definition) is 1. The summed E-state index contributed by atoms with van der Waals surface area (Å²) in [6.07, 6.45) is 1.52.